The number of aryl methyl sites for hydroxylation is 1. The highest BCUT2D eigenvalue weighted by Crippen LogP contribution is 2.22. The number of H-pyrrole nitrogens is 1. The molecule has 0 saturated carbocycles. The Hall–Kier alpha value is -1.76. The van der Waals surface area contributed by atoms with Crippen molar-refractivity contribution in [2.75, 3.05) is 0 Å². The van der Waals surface area contributed by atoms with Gasteiger partial charge in [0, 0.05) is 18.0 Å². The van der Waals surface area contributed by atoms with E-state index in [2.05, 4.69) is 25.5 Å². The summed E-state index contributed by atoms with van der Waals surface area (Å²) in [6, 6.07) is 0. The maximum Gasteiger partial charge on any atom is 0.291 e. The van der Waals surface area contributed by atoms with Crippen molar-refractivity contribution in [3.05, 3.63) is 28.2 Å². The van der Waals surface area contributed by atoms with Gasteiger partial charge in [0.25, 0.3) is 5.91 Å². The van der Waals surface area contributed by atoms with E-state index in [4.69, 9.17) is 0 Å². The second-order valence-corrected chi connectivity index (χ2v) is 5.67. The van der Waals surface area contributed by atoms with Crippen LogP contribution in [0.25, 0.3) is 0 Å². The number of carbonyl (C=O) groups is 1. The second kappa shape index (κ2) is 5.48. The van der Waals surface area contributed by atoms with Crippen molar-refractivity contribution in [2.24, 2.45) is 0 Å². The molecule has 0 unspecified atom stereocenters. The van der Waals surface area contributed by atoms with E-state index in [0.717, 1.165) is 23.7 Å². The molecule has 7 heteroatoms. The minimum atomic E-state index is -0.531. The number of nitrogens with zero attached hydrogens (tertiary/aromatic N) is 3. The van der Waals surface area contributed by atoms with Gasteiger partial charge in [-0.1, -0.05) is 6.92 Å². The Labute approximate surface area is 115 Å². The smallest absolute Gasteiger partial charge is 0.291 e. The minimum absolute atomic E-state index is 0.174. The number of thiazole rings is 1. The summed E-state index contributed by atoms with van der Waals surface area (Å²) in [6.45, 7) is 5.86. The van der Waals surface area contributed by atoms with Gasteiger partial charge >= 0.3 is 0 Å². The van der Waals surface area contributed by atoms with Crippen molar-refractivity contribution in [2.45, 2.75) is 39.2 Å². The summed E-state index contributed by atoms with van der Waals surface area (Å²) in [4.78, 5) is 20.5. The molecule has 0 saturated heterocycles. The normalized spacial score (nSPS) is 11.5. The molecule has 0 aliphatic carbocycles. The number of rotatable bonds is 5. The fourth-order valence-electron chi connectivity index (χ4n) is 1.67. The Bertz CT molecular complexity index is 546. The highest BCUT2D eigenvalue weighted by atomic mass is 32.1. The maximum absolute atomic E-state index is 12.1. The van der Waals surface area contributed by atoms with Gasteiger partial charge in [-0.05, 0) is 20.3 Å². The molecule has 102 valence electrons. The highest BCUT2D eigenvalue weighted by molar-refractivity contribution is 7.09. The van der Waals surface area contributed by atoms with Crippen LogP contribution in [0.5, 0.6) is 0 Å². The highest BCUT2D eigenvalue weighted by Gasteiger charge is 2.27. The average Bonchev–Trinajstić information content (AvgIpc) is 2.99. The standard InChI is InChI=1S/C12H17N5OS/c1-4-5-8-14-9(17-16-8)10(18)15-12(2,3)11-13-6-7-19-11/h6-7H,4-5H2,1-3H3,(H,15,18)(H,14,16,17). The van der Waals surface area contributed by atoms with E-state index in [1.165, 1.54) is 11.3 Å². The zero-order valence-electron chi connectivity index (χ0n) is 11.2. The Balaban J connectivity index is 2.08. The van der Waals surface area contributed by atoms with Gasteiger partial charge in [-0.3, -0.25) is 9.89 Å². The molecular weight excluding hydrogens is 262 g/mol. The first-order valence-corrected chi connectivity index (χ1v) is 7.04. The first-order valence-electron chi connectivity index (χ1n) is 6.16. The molecule has 0 spiro atoms. The molecule has 0 aromatic carbocycles. The molecular formula is C12H17N5OS. The number of aromatic nitrogens is 4. The summed E-state index contributed by atoms with van der Waals surface area (Å²) < 4.78 is 0. The molecule has 2 heterocycles. The summed E-state index contributed by atoms with van der Waals surface area (Å²) in [5.74, 6) is 0.617. The second-order valence-electron chi connectivity index (χ2n) is 4.77. The van der Waals surface area contributed by atoms with Crippen LogP contribution in [-0.2, 0) is 12.0 Å². The lowest BCUT2D eigenvalue weighted by atomic mass is 10.1. The van der Waals surface area contributed by atoms with E-state index in [0.29, 0.717) is 0 Å². The SMILES string of the molecule is CCCc1nc(C(=O)NC(C)(C)c2nccs2)n[nH]1. The summed E-state index contributed by atoms with van der Waals surface area (Å²) in [5, 5.41) is 12.3. The molecule has 19 heavy (non-hydrogen) atoms. The van der Waals surface area contributed by atoms with E-state index >= 15 is 0 Å². The summed E-state index contributed by atoms with van der Waals surface area (Å²) in [6.07, 6.45) is 3.47. The Morgan fingerprint density at radius 2 is 2.32 bits per heavy atom. The number of hydrogen-bond acceptors (Lipinski definition) is 5. The average molecular weight is 279 g/mol. The molecule has 2 N–H and O–H groups in total. The molecule has 1 amide bonds. The van der Waals surface area contributed by atoms with Crippen LogP contribution in [0.1, 0.15) is 48.6 Å². The quantitative estimate of drug-likeness (QED) is 0.875. The van der Waals surface area contributed by atoms with Crippen LogP contribution in [0, 0.1) is 0 Å². The molecule has 6 nitrogen and oxygen atoms in total. The van der Waals surface area contributed by atoms with E-state index in [1.54, 1.807) is 6.20 Å². The van der Waals surface area contributed by atoms with Gasteiger partial charge in [-0.15, -0.1) is 16.4 Å². The van der Waals surface area contributed by atoms with Gasteiger partial charge in [-0.2, -0.15) is 0 Å². The van der Waals surface area contributed by atoms with Crippen LogP contribution in [0.3, 0.4) is 0 Å². The Morgan fingerprint density at radius 1 is 1.53 bits per heavy atom. The molecule has 0 aliphatic rings. The van der Waals surface area contributed by atoms with E-state index in [-0.39, 0.29) is 11.7 Å². The predicted octanol–water partition coefficient (Wildman–Crippen LogP) is 1.88. The van der Waals surface area contributed by atoms with Gasteiger partial charge < -0.3 is 5.32 Å². The summed E-state index contributed by atoms with van der Waals surface area (Å²) in [5.41, 5.74) is -0.531. The lowest BCUT2D eigenvalue weighted by molar-refractivity contribution is 0.0901. The molecule has 2 rings (SSSR count). The van der Waals surface area contributed by atoms with Gasteiger partial charge in [0.05, 0.1) is 5.54 Å². The number of amides is 1. The van der Waals surface area contributed by atoms with Gasteiger partial charge in [0.15, 0.2) is 0 Å². The zero-order valence-corrected chi connectivity index (χ0v) is 12.0. The molecule has 0 radical (unpaired) electrons. The molecule has 0 atom stereocenters. The van der Waals surface area contributed by atoms with E-state index < -0.39 is 5.54 Å². The number of aromatic amines is 1. The van der Waals surface area contributed by atoms with Crippen molar-refractivity contribution in [3.8, 4) is 0 Å². The monoisotopic (exact) mass is 279 g/mol. The van der Waals surface area contributed by atoms with Crippen molar-refractivity contribution in [1.82, 2.24) is 25.5 Å². The first kappa shape index (κ1) is 13.7. The van der Waals surface area contributed by atoms with Crippen LogP contribution < -0.4 is 5.32 Å². The zero-order chi connectivity index (χ0) is 13.9. The van der Waals surface area contributed by atoms with Crippen LogP contribution in [0.4, 0.5) is 0 Å². The van der Waals surface area contributed by atoms with Crippen LogP contribution in [0.2, 0.25) is 0 Å². The third-order valence-electron chi connectivity index (χ3n) is 2.61. The van der Waals surface area contributed by atoms with E-state index in [1.807, 2.05) is 26.2 Å². The molecule has 0 aliphatic heterocycles. The number of carbonyl (C=O) groups excluding carboxylic acids is 1. The third kappa shape index (κ3) is 3.17. The summed E-state index contributed by atoms with van der Waals surface area (Å²) in [7, 11) is 0. The Kier molecular flexibility index (Phi) is 3.94. The maximum atomic E-state index is 12.1. The topological polar surface area (TPSA) is 83.6 Å². The minimum Gasteiger partial charge on any atom is -0.338 e. The molecule has 0 fully saturated rings. The lowest BCUT2D eigenvalue weighted by Gasteiger charge is -2.22. The van der Waals surface area contributed by atoms with Gasteiger partial charge in [-0.25, -0.2) is 9.97 Å². The molecule has 2 aromatic rings. The van der Waals surface area contributed by atoms with Gasteiger partial charge in [0.1, 0.15) is 10.8 Å². The molecule has 2 aromatic heterocycles. The van der Waals surface area contributed by atoms with E-state index in [9.17, 15) is 4.79 Å². The Morgan fingerprint density at radius 3 is 2.95 bits per heavy atom. The number of hydrogen-bond donors (Lipinski definition) is 2. The first-order chi connectivity index (χ1) is 9.03. The van der Waals surface area contributed by atoms with Gasteiger partial charge in [0.2, 0.25) is 5.82 Å². The fourth-order valence-corrected chi connectivity index (χ4v) is 2.39. The number of nitrogens with one attached hydrogen (secondary N) is 2. The van der Waals surface area contributed by atoms with Crippen molar-refractivity contribution in [3.63, 3.8) is 0 Å². The summed E-state index contributed by atoms with van der Waals surface area (Å²) >= 11 is 1.51. The third-order valence-corrected chi connectivity index (χ3v) is 3.71. The fraction of sp³-hybridized carbons (Fsp3) is 0.500. The lowest BCUT2D eigenvalue weighted by Crippen LogP contribution is -2.41. The van der Waals surface area contributed by atoms with Crippen LogP contribution >= 0.6 is 11.3 Å². The van der Waals surface area contributed by atoms with Crippen molar-refractivity contribution >= 4 is 17.2 Å². The van der Waals surface area contributed by atoms with Crippen LogP contribution in [-0.4, -0.2) is 26.1 Å². The van der Waals surface area contributed by atoms with Crippen molar-refractivity contribution < 1.29 is 4.79 Å². The predicted molar refractivity (Wildman–Crippen MR) is 73.0 cm³/mol. The van der Waals surface area contributed by atoms with Crippen molar-refractivity contribution in [1.29, 1.82) is 0 Å². The molecule has 0 bridgehead atoms. The van der Waals surface area contributed by atoms with Crippen LogP contribution in [0.15, 0.2) is 11.6 Å². The largest absolute Gasteiger partial charge is 0.338 e.